The van der Waals surface area contributed by atoms with Crippen molar-refractivity contribution in [3.63, 3.8) is 0 Å². The summed E-state index contributed by atoms with van der Waals surface area (Å²) in [6, 6.07) is 0.0970. The highest BCUT2D eigenvalue weighted by Gasteiger charge is 2.29. The Balaban J connectivity index is 2.48. The summed E-state index contributed by atoms with van der Waals surface area (Å²) in [6.45, 7) is 11.4. The lowest BCUT2D eigenvalue weighted by Crippen LogP contribution is -2.50. The zero-order chi connectivity index (χ0) is 18.3. The van der Waals surface area contributed by atoms with Crippen LogP contribution in [0.4, 0.5) is 4.79 Å². The first-order valence-electron chi connectivity index (χ1n) is 8.64. The molecule has 1 aliphatic rings. The maximum atomic E-state index is 11.9. The van der Waals surface area contributed by atoms with Crippen LogP contribution in [0.2, 0.25) is 0 Å². The maximum absolute atomic E-state index is 11.9. The lowest BCUT2D eigenvalue weighted by Gasteiger charge is -2.37. The van der Waals surface area contributed by atoms with Crippen molar-refractivity contribution in [2.24, 2.45) is 5.41 Å². The maximum Gasteiger partial charge on any atom is 0.409 e. The largest absolute Gasteiger partial charge is 0.450 e. The van der Waals surface area contributed by atoms with Crippen LogP contribution in [-0.2, 0) is 14.3 Å². The number of likely N-dealkylation sites (tertiary alicyclic amines) is 1. The van der Waals surface area contributed by atoms with Crippen molar-refractivity contribution in [2.45, 2.75) is 53.5 Å². The van der Waals surface area contributed by atoms with Gasteiger partial charge in [-0.05, 0) is 19.8 Å². The Labute approximate surface area is 144 Å². The van der Waals surface area contributed by atoms with Gasteiger partial charge < -0.3 is 19.9 Å². The van der Waals surface area contributed by atoms with Gasteiger partial charge in [-0.3, -0.25) is 9.59 Å². The van der Waals surface area contributed by atoms with Crippen molar-refractivity contribution in [1.29, 1.82) is 0 Å². The second kappa shape index (κ2) is 8.89. The Morgan fingerprint density at radius 3 is 2.25 bits per heavy atom. The summed E-state index contributed by atoms with van der Waals surface area (Å²) in [4.78, 5) is 39.0. The third-order valence-electron chi connectivity index (χ3n) is 4.16. The first-order valence-corrected chi connectivity index (χ1v) is 8.64. The molecule has 1 heterocycles. The van der Waals surface area contributed by atoms with E-state index in [9.17, 15) is 14.4 Å². The lowest BCUT2D eigenvalue weighted by molar-refractivity contribution is -0.133. The molecule has 0 bridgehead atoms. The molecule has 0 unspecified atom stereocenters. The van der Waals surface area contributed by atoms with E-state index in [-0.39, 0.29) is 23.9 Å². The van der Waals surface area contributed by atoms with Gasteiger partial charge >= 0.3 is 6.09 Å². The van der Waals surface area contributed by atoms with Crippen molar-refractivity contribution in [2.75, 3.05) is 32.8 Å². The summed E-state index contributed by atoms with van der Waals surface area (Å²) < 4.78 is 5.01. The fourth-order valence-electron chi connectivity index (χ4n) is 2.73. The molecule has 3 amide bonds. The number of hydrogen-bond donors (Lipinski definition) is 1. The average Bonchev–Trinajstić information content (AvgIpc) is 2.50. The number of amides is 3. The molecule has 0 aromatic heterocycles. The Kier molecular flexibility index (Phi) is 7.51. The zero-order valence-corrected chi connectivity index (χ0v) is 15.6. The molecule has 0 aromatic carbocycles. The topological polar surface area (TPSA) is 79.0 Å². The van der Waals surface area contributed by atoms with E-state index in [2.05, 4.69) is 5.32 Å². The molecule has 24 heavy (non-hydrogen) atoms. The fourth-order valence-corrected chi connectivity index (χ4v) is 2.73. The molecule has 1 saturated heterocycles. The summed E-state index contributed by atoms with van der Waals surface area (Å²) in [5, 5.41) is 2.87. The van der Waals surface area contributed by atoms with E-state index >= 15 is 0 Å². The second-order valence-corrected chi connectivity index (χ2v) is 7.14. The van der Waals surface area contributed by atoms with Crippen LogP contribution >= 0.6 is 0 Å². The summed E-state index contributed by atoms with van der Waals surface area (Å²) in [5.41, 5.74) is -0.438. The summed E-state index contributed by atoms with van der Waals surface area (Å²) in [6.07, 6.45) is 1.17. The van der Waals surface area contributed by atoms with Crippen LogP contribution in [0.3, 0.4) is 0 Å². The number of piperidine rings is 1. The number of carbonyl (C=O) groups is 3. The van der Waals surface area contributed by atoms with E-state index in [1.807, 2.05) is 20.8 Å². The molecule has 1 fully saturated rings. The number of nitrogens with one attached hydrogen (secondary N) is 1. The van der Waals surface area contributed by atoms with E-state index in [0.717, 1.165) is 12.8 Å². The molecule has 0 saturated carbocycles. The normalized spacial score (nSPS) is 15.8. The molecule has 0 spiro atoms. The van der Waals surface area contributed by atoms with E-state index in [0.29, 0.717) is 32.8 Å². The molecular formula is C17H31N3O4. The molecule has 1 rings (SSSR count). The van der Waals surface area contributed by atoms with Gasteiger partial charge in [0.25, 0.3) is 0 Å². The predicted octanol–water partition coefficient (Wildman–Crippen LogP) is 1.62. The summed E-state index contributed by atoms with van der Waals surface area (Å²) in [7, 11) is 0. The molecule has 7 heteroatoms. The van der Waals surface area contributed by atoms with Gasteiger partial charge in [0.1, 0.15) is 0 Å². The van der Waals surface area contributed by atoms with Gasteiger partial charge in [-0.1, -0.05) is 20.8 Å². The smallest absolute Gasteiger partial charge is 0.409 e. The van der Waals surface area contributed by atoms with Gasteiger partial charge in [0, 0.05) is 44.6 Å². The van der Waals surface area contributed by atoms with Crippen molar-refractivity contribution in [3.05, 3.63) is 0 Å². The minimum atomic E-state index is -0.438. The highest BCUT2D eigenvalue weighted by Crippen LogP contribution is 2.18. The zero-order valence-electron chi connectivity index (χ0n) is 15.6. The fraction of sp³-hybridized carbons (Fsp3) is 0.824. The van der Waals surface area contributed by atoms with E-state index in [1.165, 1.54) is 0 Å². The van der Waals surface area contributed by atoms with Crippen LogP contribution in [-0.4, -0.2) is 66.5 Å². The van der Waals surface area contributed by atoms with Gasteiger partial charge in [0.15, 0.2) is 0 Å². The Hall–Kier alpha value is -1.79. The number of carbonyl (C=O) groups excluding carboxylic acids is 3. The summed E-state index contributed by atoms with van der Waals surface area (Å²) in [5.74, 6) is -0.0299. The van der Waals surface area contributed by atoms with Crippen molar-refractivity contribution >= 4 is 17.9 Å². The van der Waals surface area contributed by atoms with Crippen LogP contribution < -0.4 is 5.32 Å². The standard InChI is InChI=1S/C17H31N3O4/c1-6-24-16(23)19-10-7-14(8-11-19)20(13(2)21)12-9-18-15(22)17(3,4)5/h14H,6-12H2,1-5H3,(H,18,22). The van der Waals surface area contributed by atoms with Gasteiger partial charge in [-0.2, -0.15) is 0 Å². The SMILES string of the molecule is CCOC(=O)N1CCC(N(CCNC(=O)C(C)(C)C)C(C)=O)CC1. The Bertz CT molecular complexity index is 451. The predicted molar refractivity (Wildman–Crippen MR) is 91.5 cm³/mol. The van der Waals surface area contributed by atoms with Crippen LogP contribution in [0.25, 0.3) is 0 Å². The second-order valence-electron chi connectivity index (χ2n) is 7.14. The van der Waals surface area contributed by atoms with Gasteiger partial charge in [-0.25, -0.2) is 4.79 Å². The Morgan fingerprint density at radius 2 is 1.79 bits per heavy atom. The highest BCUT2D eigenvalue weighted by atomic mass is 16.6. The molecule has 7 nitrogen and oxygen atoms in total. The number of nitrogens with zero attached hydrogens (tertiary/aromatic N) is 2. The first-order chi connectivity index (χ1) is 11.2. The lowest BCUT2D eigenvalue weighted by atomic mass is 9.96. The molecule has 0 atom stereocenters. The molecule has 0 radical (unpaired) electrons. The molecule has 0 aromatic rings. The minimum absolute atomic E-state index is 0.00501. The van der Waals surface area contributed by atoms with Crippen molar-refractivity contribution < 1.29 is 19.1 Å². The van der Waals surface area contributed by atoms with Crippen molar-refractivity contribution in [1.82, 2.24) is 15.1 Å². The number of hydrogen-bond acceptors (Lipinski definition) is 4. The minimum Gasteiger partial charge on any atom is -0.450 e. The van der Waals surface area contributed by atoms with E-state index in [1.54, 1.807) is 23.6 Å². The average molecular weight is 341 g/mol. The molecule has 138 valence electrons. The quantitative estimate of drug-likeness (QED) is 0.824. The van der Waals surface area contributed by atoms with Crippen LogP contribution in [0, 0.1) is 5.41 Å². The Morgan fingerprint density at radius 1 is 1.21 bits per heavy atom. The molecule has 0 aliphatic carbocycles. The third kappa shape index (κ3) is 6.02. The van der Waals surface area contributed by atoms with Crippen LogP contribution in [0.5, 0.6) is 0 Å². The van der Waals surface area contributed by atoms with Gasteiger partial charge in [0.05, 0.1) is 6.61 Å². The van der Waals surface area contributed by atoms with E-state index < -0.39 is 5.41 Å². The van der Waals surface area contributed by atoms with E-state index in [4.69, 9.17) is 4.74 Å². The van der Waals surface area contributed by atoms with Crippen LogP contribution in [0.1, 0.15) is 47.5 Å². The molecule has 1 aliphatic heterocycles. The third-order valence-corrected chi connectivity index (χ3v) is 4.16. The first kappa shape index (κ1) is 20.3. The van der Waals surface area contributed by atoms with Gasteiger partial charge in [0.2, 0.25) is 11.8 Å². The number of rotatable bonds is 5. The summed E-state index contributed by atoms with van der Waals surface area (Å²) >= 11 is 0. The monoisotopic (exact) mass is 341 g/mol. The van der Waals surface area contributed by atoms with Crippen LogP contribution in [0.15, 0.2) is 0 Å². The molecular weight excluding hydrogens is 310 g/mol. The highest BCUT2D eigenvalue weighted by molar-refractivity contribution is 5.81. The number of ether oxygens (including phenoxy) is 1. The van der Waals surface area contributed by atoms with Crippen molar-refractivity contribution in [3.8, 4) is 0 Å². The molecule has 1 N–H and O–H groups in total. The van der Waals surface area contributed by atoms with Gasteiger partial charge in [-0.15, -0.1) is 0 Å².